The lowest BCUT2D eigenvalue weighted by atomic mass is 9.64. The van der Waals surface area contributed by atoms with E-state index in [2.05, 4.69) is 6.07 Å². The lowest BCUT2D eigenvalue weighted by Crippen LogP contribution is -2.48. The molecule has 1 aliphatic heterocycles. The van der Waals surface area contributed by atoms with Crippen LogP contribution in [-0.4, -0.2) is 132 Å². The van der Waals surface area contributed by atoms with Gasteiger partial charge in [0.05, 0.1) is 61.8 Å². The second-order valence-electron chi connectivity index (χ2n) is 15.3. The number of carbonyl (C=O) groups excluding carboxylic acids is 4. The van der Waals surface area contributed by atoms with Crippen LogP contribution in [0.4, 0.5) is 0 Å². The summed E-state index contributed by atoms with van der Waals surface area (Å²) < 4.78 is 42.7. The van der Waals surface area contributed by atoms with Crippen molar-refractivity contribution in [3.8, 4) is 6.07 Å². The van der Waals surface area contributed by atoms with E-state index in [4.69, 9.17) is 37.9 Å². The third-order valence-corrected chi connectivity index (χ3v) is 10.1. The van der Waals surface area contributed by atoms with Crippen molar-refractivity contribution in [1.29, 1.82) is 5.26 Å². The minimum absolute atomic E-state index is 0.0583. The Balaban J connectivity index is 3.61. The largest absolute Gasteiger partial charge is 0.469 e. The van der Waals surface area contributed by atoms with Crippen LogP contribution in [0.1, 0.15) is 74.7 Å². The molecule has 0 aliphatic carbocycles. The summed E-state index contributed by atoms with van der Waals surface area (Å²) in [5.74, 6) is -3.61. The molecule has 0 spiro atoms. The minimum Gasteiger partial charge on any atom is -0.469 e. The monoisotopic (exact) mass is 746 g/mol. The van der Waals surface area contributed by atoms with E-state index >= 15 is 0 Å². The number of carbonyl (C=O) groups is 4. The van der Waals surface area contributed by atoms with E-state index in [9.17, 15) is 24.4 Å². The molecule has 15 heteroatoms. The number of esters is 4. The fraction of sp³-hybridized carbons (Fsp3) is 0.861. The van der Waals surface area contributed by atoms with Gasteiger partial charge in [0.2, 0.25) is 0 Å². The van der Waals surface area contributed by atoms with Crippen molar-refractivity contribution < 1.29 is 57.1 Å². The highest BCUT2D eigenvalue weighted by Gasteiger charge is 2.53. The number of likely N-dealkylation sites (N-methyl/N-ethyl adjacent to an activating group) is 1. The van der Waals surface area contributed by atoms with Gasteiger partial charge >= 0.3 is 23.9 Å². The number of ether oxygens (including phenoxy) is 8. The van der Waals surface area contributed by atoms with Crippen LogP contribution < -0.4 is 0 Å². The molecule has 1 fully saturated rings. The van der Waals surface area contributed by atoms with Gasteiger partial charge in [0.1, 0.15) is 30.7 Å². The van der Waals surface area contributed by atoms with Gasteiger partial charge in [-0.1, -0.05) is 6.92 Å². The summed E-state index contributed by atoms with van der Waals surface area (Å²) in [7, 11) is 6.54. The highest BCUT2D eigenvalue weighted by molar-refractivity contribution is 8.01. The van der Waals surface area contributed by atoms with E-state index < -0.39 is 62.7 Å². The highest BCUT2D eigenvalue weighted by atomic mass is 32.2. The predicted octanol–water partition coefficient (Wildman–Crippen LogP) is 4.03. The third kappa shape index (κ3) is 16.0. The van der Waals surface area contributed by atoms with Gasteiger partial charge in [-0.25, -0.2) is 0 Å². The Hall–Kier alpha value is -2.48. The first-order valence-electron chi connectivity index (χ1n) is 17.3. The van der Waals surface area contributed by atoms with Crippen LogP contribution in [-0.2, 0) is 57.1 Å². The van der Waals surface area contributed by atoms with Crippen LogP contribution in [0.3, 0.4) is 0 Å². The maximum Gasteiger partial charge on any atom is 0.322 e. The Labute approximate surface area is 308 Å². The fourth-order valence-electron chi connectivity index (χ4n) is 6.07. The average molecular weight is 747 g/mol. The van der Waals surface area contributed by atoms with Gasteiger partial charge in [0, 0.05) is 19.4 Å². The molecule has 0 saturated carbocycles. The molecular formula is C36H62N2O12S. The van der Waals surface area contributed by atoms with Crippen LogP contribution in [0, 0.1) is 33.5 Å². The Bertz CT molecular complexity index is 1190. The fourth-order valence-corrected chi connectivity index (χ4v) is 7.42. The quantitative estimate of drug-likeness (QED) is 0.0788. The maximum atomic E-state index is 14.2. The zero-order valence-corrected chi connectivity index (χ0v) is 33.7. The molecule has 0 bridgehead atoms. The standard InChI is InChI=1S/C36H62N2O12S/c1-26(28(39)44-12)21-51-36(8,31(42)48-19-27-20-49-33(4,5)50-27)24-35(7,30(41)47-18-17-45-16-15-43-11)23-34(6,22-32(2,3)25-37)29(40)46-14-13-38(9)10/h26-27H,13-24H2,1-12H3. The molecule has 51 heavy (non-hydrogen) atoms. The zero-order chi connectivity index (χ0) is 39.1. The van der Waals surface area contributed by atoms with Crippen molar-refractivity contribution in [1.82, 2.24) is 4.90 Å². The van der Waals surface area contributed by atoms with Gasteiger partial charge < -0.3 is 42.8 Å². The number of methoxy groups -OCH3 is 2. The van der Waals surface area contributed by atoms with Gasteiger partial charge in [-0.2, -0.15) is 5.26 Å². The van der Waals surface area contributed by atoms with Crippen molar-refractivity contribution in [2.75, 3.05) is 86.9 Å². The Morgan fingerprint density at radius 1 is 0.882 bits per heavy atom. The molecule has 0 N–H and O–H groups in total. The molecule has 5 atom stereocenters. The summed E-state index contributed by atoms with van der Waals surface area (Å²) >= 11 is 1.15. The van der Waals surface area contributed by atoms with Crippen LogP contribution in [0.25, 0.3) is 0 Å². The SMILES string of the molecule is COCCOCCOC(=O)C(C)(CC(C)(CC(C)(C)C#N)C(=O)OCCN(C)C)CC(C)(SCC(C)C(=O)OC)C(=O)OCC1COC(C)(C)O1. The van der Waals surface area contributed by atoms with Crippen molar-refractivity contribution in [2.45, 2.75) is 91.3 Å². The van der Waals surface area contributed by atoms with E-state index in [0.717, 1.165) is 11.8 Å². The molecule has 14 nitrogen and oxygen atoms in total. The summed E-state index contributed by atoms with van der Waals surface area (Å²) in [5, 5.41) is 9.98. The second kappa shape index (κ2) is 20.7. The first-order chi connectivity index (χ1) is 23.6. The average Bonchev–Trinajstić information content (AvgIpc) is 3.40. The number of nitriles is 1. The number of hydrogen-bond donors (Lipinski definition) is 0. The van der Waals surface area contributed by atoms with Crippen LogP contribution in [0.2, 0.25) is 0 Å². The molecule has 0 aromatic carbocycles. The summed E-state index contributed by atoms with van der Waals surface area (Å²) in [5.41, 5.74) is -3.83. The summed E-state index contributed by atoms with van der Waals surface area (Å²) in [4.78, 5) is 56.5. The first kappa shape index (κ1) is 46.5. The van der Waals surface area contributed by atoms with Gasteiger partial charge in [-0.05, 0) is 81.8 Å². The van der Waals surface area contributed by atoms with Crippen molar-refractivity contribution in [3.05, 3.63) is 0 Å². The van der Waals surface area contributed by atoms with Crippen molar-refractivity contribution in [3.63, 3.8) is 0 Å². The second-order valence-corrected chi connectivity index (χ2v) is 16.9. The summed E-state index contributed by atoms with van der Waals surface area (Å²) in [6, 6.07) is 2.26. The Kier molecular flexibility index (Phi) is 18.9. The number of thioether (sulfide) groups is 1. The minimum atomic E-state index is -1.50. The van der Waals surface area contributed by atoms with E-state index in [0.29, 0.717) is 19.8 Å². The van der Waals surface area contributed by atoms with E-state index in [1.165, 1.54) is 7.11 Å². The highest BCUT2D eigenvalue weighted by Crippen LogP contribution is 2.49. The van der Waals surface area contributed by atoms with Crippen molar-refractivity contribution >= 4 is 35.6 Å². The molecule has 0 amide bonds. The third-order valence-electron chi connectivity index (χ3n) is 8.45. The summed E-state index contributed by atoms with van der Waals surface area (Å²) in [6.45, 7) is 15.0. The van der Waals surface area contributed by atoms with E-state index in [-0.39, 0.29) is 58.0 Å². The molecule has 0 aromatic rings. The molecule has 1 rings (SSSR count). The predicted molar refractivity (Wildman–Crippen MR) is 191 cm³/mol. The van der Waals surface area contributed by atoms with Crippen LogP contribution in [0.5, 0.6) is 0 Å². The molecule has 1 aliphatic rings. The number of hydrogen-bond acceptors (Lipinski definition) is 15. The van der Waals surface area contributed by atoms with Gasteiger partial charge in [0.15, 0.2) is 5.79 Å². The lowest BCUT2D eigenvalue weighted by Gasteiger charge is -2.42. The Morgan fingerprint density at radius 3 is 2.00 bits per heavy atom. The van der Waals surface area contributed by atoms with Gasteiger partial charge in [0.25, 0.3) is 0 Å². The summed E-state index contributed by atoms with van der Waals surface area (Å²) in [6.07, 6.45) is -0.723. The topological polar surface area (TPSA) is 169 Å². The molecule has 0 radical (unpaired) electrons. The van der Waals surface area contributed by atoms with Gasteiger partial charge in [-0.3, -0.25) is 19.2 Å². The smallest absolute Gasteiger partial charge is 0.322 e. The van der Waals surface area contributed by atoms with E-state index in [1.807, 2.05) is 19.0 Å². The molecule has 1 saturated heterocycles. The molecule has 294 valence electrons. The normalized spacial score (nSPS) is 19.9. The van der Waals surface area contributed by atoms with Crippen molar-refractivity contribution in [2.24, 2.45) is 22.2 Å². The molecule has 1 heterocycles. The first-order valence-corrected chi connectivity index (χ1v) is 18.2. The van der Waals surface area contributed by atoms with E-state index in [1.54, 1.807) is 62.5 Å². The van der Waals surface area contributed by atoms with Gasteiger partial charge in [-0.15, -0.1) is 11.8 Å². The molecule has 5 unspecified atom stereocenters. The molecule has 0 aromatic heterocycles. The zero-order valence-electron chi connectivity index (χ0n) is 32.8. The van der Waals surface area contributed by atoms with Crippen LogP contribution in [0.15, 0.2) is 0 Å². The van der Waals surface area contributed by atoms with Crippen LogP contribution >= 0.6 is 11.8 Å². The maximum absolute atomic E-state index is 14.2. The number of nitrogens with zero attached hydrogens (tertiary/aromatic N) is 2. The Morgan fingerprint density at radius 2 is 1.47 bits per heavy atom. The number of rotatable bonds is 24. The lowest BCUT2D eigenvalue weighted by molar-refractivity contribution is -0.169. The molecular weight excluding hydrogens is 684 g/mol.